The molecule has 0 amide bonds. The summed E-state index contributed by atoms with van der Waals surface area (Å²) < 4.78 is 0. The molecule has 2 heteroatoms. The molecule has 0 N–H and O–H groups in total. The van der Waals surface area contributed by atoms with E-state index < -0.39 is 0 Å². The third kappa shape index (κ3) is 8.98. The fraction of sp³-hybridized carbons (Fsp3) is 0.778. The van der Waals surface area contributed by atoms with E-state index in [4.69, 9.17) is 10.5 Å². The Morgan fingerprint density at radius 3 is 1.36 bits per heavy atom. The second kappa shape index (κ2) is 8.98. The molecule has 0 saturated carbocycles. The van der Waals surface area contributed by atoms with E-state index in [2.05, 4.69) is 12.1 Å². The topological polar surface area (TPSA) is 47.6 Å². The summed E-state index contributed by atoms with van der Waals surface area (Å²) in [6.45, 7) is 0. The van der Waals surface area contributed by atoms with Gasteiger partial charge in [-0.1, -0.05) is 19.3 Å². The minimum atomic E-state index is 0.679. The van der Waals surface area contributed by atoms with Crippen molar-refractivity contribution in [1.29, 1.82) is 10.5 Å². The standard InChI is InChI=1S/C9H14N2/c10-8-6-4-2-1-3-5-7-9-11/h1-7H2. The number of hydrogen-bond acceptors (Lipinski definition) is 2. The van der Waals surface area contributed by atoms with E-state index in [9.17, 15) is 0 Å². The van der Waals surface area contributed by atoms with Crippen molar-refractivity contribution in [3.8, 4) is 12.1 Å². The van der Waals surface area contributed by atoms with Gasteiger partial charge in [0.2, 0.25) is 0 Å². The summed E-state index contributed by atoms with van der Waals surface area (Å²) >= 11 is 0. The van der Waals surface area contributed by atoms with Crippen LogP contribution >= 0.6 is 0 Å². The highest BCUT2D eigenvalue weighted by Gasteiger charge is 1.89. The van der Waals surface area contributed by atoms with Gasteiger partial charge in [-0.2, -0.15) is 10.5 Å². The predicted octanol–water partition coefficient (Wildman–Crippen LogP) is 2.76. The van der Waals surface area contributed by atoms with Gasteiger partial charge in [0, 0.05) is 12.8 Å². The number of rotatable bonds is 6. The van der Waals surface area contributed by atoms with Crippen molar-refractivity contribution in [3.63, 3.8) is 0 Å². The lowest BCUT2D eigenvalue weighted by atomic mass is 10.1. The fourth-order valence-corrected chi connectivity index (χ4v) is 0.938. The smallest absolute Gasteiger partial charge is 0.0621 e. The van der Waals surface area contributed by atoms with Crippen LogP contribution in [0.3, 0.4) is 0 Å². The van der Waals surface area contributed by atoms with Gasteiger partial charge in [-0.25, -0.2) is 0 Å². The van der Waals surface area contributed by atoms with E-state index in [1.165, 1.54) is 6.42 Å². The molecule has 11 heavy (non-hydrogen) atoms. The van der Waals surface area contributed by atoms with Crippen LogP contribution in [0.1, 0.15) is 44.9 Å². The van der Waals surface area contributed by atoms with Crippen molar-refractivity contribution in [2.75, 3.05) is 0 Å². The summed E-state index contributed by atoms with van der Waals surface area (Å²) in [4.78, 5) is 0. The summed E-state index contributed by atoms with van der Waals surface area (Å²) in [5.41, 5.74) is 0. The molecule has 2 nitrogen and oxygen atoms in total. The molecule has 0 aliphatic heterocycles. The molecule has 0 radical (unpaired) electrons. The molecule has 0 aromatic rings. The van der Waals surface area contributed by atoms with E-state index >= 15 is 0 Å². The first-order valence-corrected chi connectivity index (χ1v) is 4.15. The molecule has 0 aliphatic carbocycles. The van der Waals surface area contributed by atoms with Crippen LogP contribution in [0.4, 0.5) is 0 Å². The summed E-state index contributed by atoms with van der Waals surface area (Å²) in [5.74, 6) is 0. The SMILES string of the molecule is N#CCCCCCCCC#N. The van der Waals surface area contributed by atoms with Crippen LogP contribution in [0.15, 0.2) is 0 Å². The lowest BCUT2D eigenvalue weighted by Gasteiger charge is -1.94. The van der Waals surface area contributed by atoms with Gasteiger partial charge in [0.1, 0.15) is 0 Å². The molecule has 0 fully saturated rings. The molecule has 0 spiro atoms. The Hall–Kier alpha value is -1.02. The minimum absolute atomic E-state index is 0.679. The van der Waals surface area contributed by atoms with Gasteiger partial charge < -0.3 is 0 Å². The molecule has 0 aromatic heterocycles. The van der Waals surface area contributed by atoms with Gasteiger partial charge >= 0.3 is 0 Å². The monoisotopic (exact) mass is 150 g/mol. The molecule has 60 valence electrons. The van der Waals surface area contributed by atoms with Gasteiger partial charge in [-0.05, 0) is 12.8 Å². The third-order valence-electron chi connectivity index (χ3n) is 1.58. The maximum atomic E-state index is 8.21. The Bertz CT molecular complexity index is 132. The first-order chi connectivity index (χ1) is 5.41. The Kier molecular flexibility index (Phi) is 8.15. The van der Waals surface area contributed by atoms with Crippen LogP contribution in [-0.2, 0) is 0 Å². The van der Waals surface area contributed by atoms with Crippen LogP contribution in [0, 0.1) is 22.7 Å². The van der Waals surface area contributed by atoms with Crippen LogP contribution in [0.25, 0.3) is 0 Å². The zero-order valence-corrected chi connectivity index (χ0v) is 6.84. The molecule has 0 saturated heterocycles. The molecule has 0 rings (SSSR count). The maximum Gasteiger partial charge on any atom is 0.0621 e. The van der Waals surface area contributed by atoms with Crippen LogP contribution in [0.5, 0.6) is 0 Å². The Labute approximate surface area is 68.4 Å². The Morgan fingerprint density at radius 1 is 0.636 bits per heavy atom. The van der Waals surface area contributed by atoms with Crippen LogP contribution < -0.4 is 0 Å². The summed E-state index contributed by atoms with van der Waals surface area (Å²) in [6.07, 6.45) is 6.84. The number of nitriles is 2. The van der Waals surface area contributed by atoms with E-state index in [1.54, 1.807) is 0 Å². The largest absolute Gasteiger partial charge is 0.198 e. The molecule has 0 aromatic carbocycles. The molecular formula is C9H14N2. The zero-order chi connectivity index (χ0) is 8.36. The van der Waals surface area contributed by atoms with Gasteiger partial charge in [-0.15, -0.1) is 0 Å². The molecule has 0 heterocycles. The first kappa shape index (κ1) is 9.98. The zero-order valence-electron chi connectivity index (χ0n) is 6.84. The highest BCUT2D eigenvalue weighted by atomic mass is 14.2. The second-order valence-corrected chi connectivity index (χ2v) is 2.58. The van der Waals surface area contributed by atoms with Crippen molar-refractivity contribution in [2.24, 2.45) is 0 Å². The second-order valence-electron chi connectivity index (χ2n) is 2.58. The van der Waals surface area contributed by atoms with E-state index in [1.807, 2.05) is 0 Å². The lowest BCUT2D eigenvalue weighted by Crippen LogP contribution is -1.77. The predicted molar refractivity (Wildman–Crippen MR) is 43.5 cm³/mol. The van der Waals surface area contributed by atoms with E-state index in [0.717, 1.165) is 25.7 Å². The average molecular weight is 150 g/mol. The van der Waals surface area contributed by atoms with Crippen molar-refractivity contribution in [1.82, 2.24) is 0 Å². The molecular weight excluding hydrogens is 136 g/mol. The van der Waals surface area contributed by atoms with Crippen molar-refractivity contribution >= 4 is 0 Å². The Morgan fingerprint density at radius 2 is 1.00 bits per heavy atom. The molecule has 0 unspecified atom stereocenters. The van der Waals surface area contributed by atoms with Gasteiger partial charge in [-0.3, -0.25) is 0 Å². The lowest BCUT2D eigenvalue weighted by molar-refractivity contribution is 0.626. The number of hydrogen-bond donors (Lipinski definition) is 0. The molecule has 0 atom stereocenters. The van der Waals surface area contributed by atoms with Gasteiger partial charge in [0.05, 0.1) is 12.1 Å². The molecule has 0 bridgehead atoms. The summed E-state index contributed by atoms with van der Waals surface area (Å²) in [7, 11) is 0. The van der Waals surface area contributed by atoms with Crippen LogP contribution in [-0.4, -0.2) is 0 Å². The summed E-state index contributed by atoms with van der Waals surface area (Å²) in [5, 5.41) is 16.4. The van der Waals surface area contributed by atoms with E-state index in [-0.39, 0.29) is 0 Å². The van der Waals surface area contributed by atoms with E-state index in [0.29, 0.717) is 12.8 Å². The van der Waals surface area contributed by atoms with Crippen molar-refractivity contribution < 1.29 is 0 Å². The summed E-state index contributed by atoms with van der Waals surface area (Å²) in [6, 6.07) is 4.23. The van der Waals surface area contributed by atoms with Crippen molar-refractivity contribution in [3.05, 3.63) is 0 Å². The van der Waals surface area contributed by atoms with Gasteiger partial charge in [0.25, 0.3) is 0 Å². The van der Waals surface area contributed by atoms with Gasteiger partial charge in [0.15, 0.2) is 0 Å². The number of unbranched alkanes of at least 4 members (excludes halogenated alkanes) is 6. The molecule has 0 aliphatic rings. The normalized spacial score (nSPS) is 8.55. The Balaban J connectivity index is 2.82. The minimum Gasteiger partial charge on any atom is -0.198 e. The highest BCUT2D eigenvalue weighted by molar-refractivity contribution is 4.69. The third-order valence-corrected chi connectivity index (χ3v) is 1.58. The quantitative estimate of drug-likeness (QED) is 0.546. The number of nitrogens with zero attached hydrogens (tertiary/aromatic N) is 2. The fourth-order valence-electron chi connectivity index (χ4n) is 0.938. The maximum absolute atomic E-state index is 8.21. The van der Waals surface area contributed by atoms with Crippen LogP contribution in [0.2, 0.25) is 0 Å². The average Bonchev–Trinajstić information content (AvgIpc) is 2.03. The van der Waals surface area contributed by atoms with Crippen molar-refractivity contribution in [2.45, 2.75) is 44.9 Å². The highest BCUT2D eigenvalue weighted by Crippen LogP contribution is 2.05. The first-order valence-electron chi connectivity index (χ1n) is 4.15.